The molecule has 0 bridgehead atoms. The number of ketones is 1. The minimum Gasteiger partial charge on any atom is -0.507 e. The summed E-state index contributed by atoms with van der Waals surface area (Å²) in [7, 11) is 1.47. The zero-order valence-electron chi connectivity index (χ0n) is 18.8. The normalized spacial score (nSPS) is 18.1. The molecule has 1 aliphatic heterocycles. The van der Waals surface area contributed by atoms with Gasteiger partial charge in [-0.25, -0.2) is 0 Å². The topological polar surface area (TPSA) is 100 Å². The molecule has 1 unspecified atom stereocenters. The van der Waals surface area contributed by atoms with E-state index in [1.165, 1.54) is 25.5 Å². The highest BCUT2D eigenvalue weighted by molar-refractivity contribution is 6.51. The second-order valence-corrected chi connectivity index (χ2v) is 8.84. The Morgan fingerprint density at radius 3 is 2.39 bits per heavy atom. The van der Waals surface area contributed by atoms with Crippen LogP contribution in [-0.4, -0.2) is 29.0 Å². The van der Waals surface area contributed by atoms with Crippen LogP contribution in [0.15, 0.2) is 70.9 Å². The van der Waals surface area contributed by atoms with E-state index in [-0.39, 0.29) is 39.5 Å². The Morgan fingerprint density at radius 1 is 1.06 bits per heavy atom. The zero-order chi connectivity index (χ0) is 23.9. The number of hydrogen-bond acceptors (Lipinski definition) is 6. The minimum absolute atomic E-state index is 0.135. The van der Waals surface area contributed by atoms with Gasteiger partial charge < -0.3 is 19.4 Å². The molecule has 0 aliphatic carbocycles. The fraction of sp³-hybridized carbons (Fsp3) is 0.231. The lowest BCUT2D eigenvalue weighted by Crippen LogP contribution is -2.29. The number of aliphatic hydroxyl groups excluding tert-OH is 1. The van der Waals surface area contributed by atoms with Crippen molar-refractivity contribution in [3.8, 4) is 11.5 Å². The number of methoxy groups -OCH3 is 1. The highest BCUT2D eigenvalue weighted by atomic mass is 16.5. The predicted octanol–water partition coefficient (Wildman–Crippen LogP) is 4.92. The first-order valence-electron chi connectivity index (χ1n) is 10.5. The van der Waals surface area contributed by atoms with Gasteiger partial charge in [0.25, 0.3) is 11.7 Å². The molecule has 1 atom stereocenters. The lowest BCUT2D eigenvalue weighted by molar-refractivity contribution is -0.132. The molecule has 7 nitrogen and oxygen atoms in total. The number of carbonyl (C=O) groups excluding carboxylic acids is 2. The molecular formula is C26H25NO6. The van der Waals surface area contributed by atoms with Crippen LogP contribution in [-0.2, 0) is 15.0 Å². The third kappa shape index (κ3) is 3.75. The van der Waals surface area contributed by atoms with E-state index in [4.69, 9.17) is 9.15 Å². The van der Waals surface area contributed by atoms with E-state index >= 15 is 0 Å². The Balaban J connectivity index is 1.99. The van der Waals surface area contributed by atoms with Gasteiger partial charge in [-0.3, -0.25) is 14.5 Å². The fourth-order valence-electron chi connectivity index (χ4n) is 3.97. The number of benzene rings is 2. The SMILES string of the molecule is COc1ccc(C(C)(C)C)cc1/C(O)=C1\C(=O)C(=O)N(c2ccccc2O)C1c1ccco1. The van der Waals surface area contributed by atoms with Gasteiger partial charge in [0.15, 0.2) is 0 Å². The summed E-state index contributed by atoms with van der Waals surface area (Å²) in [4.78, 5) is 27.5. The Hall–Kier alpha value is -4.00. The first-order valence-corrected chi connectivity index (χ1v) is 10.5. The van der Waals surface area contributed by atoms with Gasteiger partial charge in [0.1, 0.15) is 29.1 Å². The average Bonchev–Trinajstić information content (AvgIpc) is 3.40. The quantitative estimate of drug-likeness (QED) is 0.335. The predicted molar refractivity (Wildman–Crippen MR) is 123 cm³/mol. The molecule has 1 aliphatic rings. The summed E-state index contributed by atoms with van der Waals surface area (Å²) in [5, 5.41) is 21.8. The van der Waals surface area contributed by atoms with Crippen LogP contribution in [0.1, 0.15) is 43.7 Å². The standard InChI is InChI=1S/C26H25NO6/c1-26(2,3)15-11-12-19(32-4)16(14-15)23(29)21-22(20-10-7-13-33-20)27(25(31)24(21)30)17-8-5-6-9-18(17)28/h5-14,22,28-29H,1-4H3/b23-21+. The van der Waals surface area contributed by atoms with Crippen molar-refractivity contribution in [2.45, 2.75) is 32.2 Å². The van der Waals surface area contributed by atoms with Gasteiger partial charge in [-0.15, -0.1) is 0 Å². The van der Waals surface area contributed by atoms with Crippen LogP contribution in [0.5, 0.6) is 11.5 Å². The second-order valence-electron chi connectivity index (χ2n) is 8.84. The molecule has 0 radical (unpaired) electrons. The highest BCUT2D eigenvalue weighted by Crippen LogP contribution is 2.45. The van der Waals surface area contributed by atoms with Gasteiger partial charge in [-0.05, 0) is 47.4 Å². The van der Waals surface area contributed by atoms with Crippen LogP contribution in [0, 0.1) is 0 Å². The third-order valence-electron chi connectivity index (χ3n) is 5.72. The number of phenolic OH excluding ortho intramolecular Hbond substituents is 1. The van der Waals surface area contributed by atoms with Gasteiger partial charge in [0, 0.05) is 0 Å². The van der Waals surface area contributed by atoms with Crippen molar-refractivity contribution < 1.29 is 29.0 Å². The van der Waals surface area contributed by atoms with E-state index in [0.717, 1.165) is 10.5 Å². The molecule has 2 aromatic carbocycles. The molecule has 4 rings (SSSR count). The summed E-state index contributed by atoms with van der Waals surface area (Å²) >= 11 is 0. The van der Waals surface area contributed by atoms with Gasteiger partial charge in [-0.1, -0.05) is 39.0 Å². The van der Waals surface area contributed by atoms with E-state index in [1.54, 1.807) is 36.4 Å². The lowest BCUT2D eigenvalue weighted by Gasteiger charge is -2.24. The summed E-state index contributed by atoms with van der Waals surface area (Å²) in [6, 6.07) is 13.7. The first-order chi connectivity index (χ1) is 15.6. The second kappa shape index (κ2) is 8.16. The number of para-hydroxylation sites is 2. The summed E-state index contributed by atoms with van der Waals surface area (Å²) in [5.74, 6) is -1.71. The van der Waals surface area contributed by atoms with Gasteiger partial charge in [-0.2, -0.15) is 0 Å². The summed E-state index contributed by atoms with van der Waals surface area (Å²) in [6.45, 7) is 6.08. The van der Waals surface area contributed by atoms with Crippen LogP contribution in [0.3, 0.4) is 0 Å². The Labute approximate surface area is 191 Å². The maximum Gasteiger partial charge on any atom is 0.300 e. The van der Waals surface area contributed by atoms with E-state index in [0.29, 0.717) is 5.75 Å². The number of anilines is 1. The van der Waals surface area contributed by atoms with E-state index in [9.17, 15) is 19.8 Å². The van der Waals surface area contributed by atoms with Crippen molar-refractivity contribution >= 4 is 23.1 Å². The van der Waals surface area contributed by atoms with Crippen LogP contribution < -0.4 is 9.64 Å². The number of nitrogens with zero attached hydrogens (tertiary/aromatic N) is 1. The molecule has 2 heterocycles. The number of furan rings is 1. The number of rotatable bonds is 4. The maximum absolute atomic E-state index is 13.2. The van der Waals surface area contributed by atoms with E-state index in [1.807, 2.05) is 26.8 Å². The van der Waals surface area contributed by atoms with Crippen molar-refractivity contribution in [2.75, 3.05) is 12.0 Å². The molecule has 7 heteroatoms. The summed E-state index contributed by atoms with van der Waals surface area (Å²) in [5.41, 5.74) is 0.952. The summed E-state index contributed by atoms with van der Waals surface area (Å²) in [6.07, 6.45) is 1.42. The number of carbonyl (C=O) groups is 2. The molecule has 33 heavy (non-hydrogen) atoms. The Kier molecular flexibility index (Phi) is 5.49. The van der Waals surface area contributed by atoms with Gasteiger partial charge in [0.05, 0.1) is 30.2 Å². The molecule has 1 aromatic heterocycles. The zero-order valence-corrected chi connectivity index (χ0v) is 18.8. The first kappa shape index (κ1) is 22.2. The van der Waals surface area contributed by atoms with Crippen LogP contribution >= 0.6 is 0 Å². The van der Waals surface area contributed by atoms with Crippen molar-refractivity contribution in [3.05, 3.63) is 83.3 Å². The molecular weight excluding hydrogens is 422 g/mol. The fourth-order valence-corrected chi connectivity index (χ4v) is 3.97. The lowest BCUT2D eigenvalue weighted by atomic mass is 9.85. The molecule has 170 valence electrons. The molecule has 1 fully saturated rings. The highest BCUT2D eigenvalue weighted by Gasteiger charge is 2.49. The van der Waals surface area contributed by atoms with Crippen LogP contribution in [0.25, 0.3) is 5.76 Å². The maximum atomic E-state index is 13.2. The van der Waals surface area contributed by atoms with E-state index in [2.05, 4.69) is 0 Å². The number of phenols is 1. The minimum atomic E-state index is -1.07. The van der Waals surface area contributed by atoms with Crippen molar-refractivity contribution in [1.29, 1.82) is 0 Å². The molecule has 1 saturated heterocycles. The molecule has 2 N–H and O–H groups in total. The third-order valence-corrected chi connectivity index (χ3v) is 5.72. The largest absolute Gasteiger partial charge is 0.507 e. The Morgan fingerprint density at radius 2 is 1.79 bits per heavy atom. The molecule has 0 spiro atoms. The van der Waals surface area contributed by atoms with E-state index < -0.39 is 17.7 Å². The number of amides is 1. The molecule has 1 amide bonds. The average molecular weight is 447 g/mol. The number of ether oxygens (including phenoxy) is 1. The smallest absolute Gasteiger partial charge is 0.300 e. The molecule has 3 aromatic rings. The number of Topliss-reactive ketones (excluding diaryl/α,β-unsaturated/α-hetero) is 1. The van der Waals surface area contributed by atoms with Crippen LogP contribution in [0.2, 0.25) is 0 Å². The summed E-state index contributed by atoms with van der Waals surface area (Å²) < 4.78 is 11.0. The van der Waals surface area contributed by atoms with Gasteiger partial charge >= 0.3 is 0 Å². The van der Waals surface area contributed by atoms with Crippen molar-refractivity contribution in [2.24, 2.45) is 0 Å². The number of aliphatic hydroxyl groups is 1. The monoisotopic (exact) mass is 447 g/mol. The van der Waals surface area contributed by atoms with Crippen LogP contribution in [0.4, 0.5) is 5.69 Å². The molecule has 0 saturated carbocycles. The van der Waals surface area contributed by atoms with Crippen molar-refractivity contribution in [1.82, 2.24) is 0 Å². The van der Waals surface area contributed by atoms with Crippen molar-refractivity contribution in [3.63, 3.8) is 0 Å². The van der Waals surface area contributed by atoms with Gasteiger partial charge in [0.2, 0.25) is 0 Å². The number of hydrogen-bond donors (Lipinski definition) is 2. The Bertz CT molecular complexity index is 1250. The number of aromatic hydroxyl groups is 1.